The highest BCUT2D eigenvalue weighted by atomic mass is 32.2. The van der Waals surface area contributed by atoms with Gasteiger partial charge in [-0.2, -0.15) is 0 Å². The maximum atomic E-state index is 12.4. The number of amides is 1. The number of ether oxygens (including phenoxy) is 2. The number of esters is 1. The van der Waals surface area contributed by atoms with Crippen LogP contribution in [0.15, 0.2) is 53.7 Å². The van der Waals surface area contributed by atoms with Crippen LogP contribution in [0.3, 0.4) is 0 Å². The van der Waals surface area contributed by atoms with Gasteiger partial charge < -0.3 is 14.8 Å². The summed E-state index contributed by atoms with van der Waals surface area (Å²) in [7, 11) is 2.98. The lowest BCUT2D eigenvalue weighted by Gasteiger charge is -2.17. The van der Waals surface area contributed by atoms with Gasteiger partial charge in [0.25, 0.3) is 0 Å². The Bertz CT molecular complexity index is 1110. The number of aromatic nitrogens is 3. The quantitative estimate of drug-likeness (QED) is 0.248. The van der Waals surface area contributed by atoms with E-state index in [4.69, 9.17) is 4.74 Å². The Morgan fingerprint density at radius 2 is 1.79 bits per heavy atom. The molecule has 0 radical (unpaired) electrons. The molecular weight excluding hydrogens is 452 g/mol. The van der Waals surface area contributed by atoms with Gasteiger partial charge in [-0.05, 0) is 48.2 Å². The summed E-state index contributed by atoms with van der Waals surface area (Å²) in [5.74, 6) is 1.51. The number of carbonyl (C=O) groups is 2. The summed E-state index contributed by atoms with van der Waals surface area (Å²) >= 11 is 1.32. The normalized spacial score (nSPS) is 10.9. The molecule has 0 unspecified atom stereocenters. The van der Waals surface area contributed by atoms with Crippen LogP contribution in [0, 0.1) is 0 Å². The van der Waals surface area contributed by atoms with Crippen molar-refractivity contribution in [1.29, 1.82) is 0 Å². The smallest absolute Gasteiger partial charge is 0.305 e. The first-order valence-electron chi connectivity index (χ1n) is 11.1. The number of methoxy groups -OCH3 is 2. The Hall–Kier alpha value is -3.33. The van der Waals surface area contributed by atoms with Gasteiger partial charge in [0, 0.05) is 18.5 Å². The van der Waals surface area contributed by atoms with Crippen LogP contribution in [-0.2, 0) is 14.3 Å². The first-order chi connectivity index (χ1) is 16.4. The zero-order valence-corrected chi connectivity index (χ0v) is 20.7. The first kappa shape index (κ1) is 25.3. The van der Waals surface area contributed by atoms with E-state index >= 15 is 0 Å². The van der Waals surface area contributed by atoms with Crippen LogP contribution in [0.5, 0.6) is 5.75 Å². The summed E-state index contributed by atoms with van der Waals surface area (Å²) in [4.78, 5) is 23.6. The second kappa shape index (κ2) is 12.2. The van der Waals surface area contributed by atoms with Crippen LogP contribution in [0.4, 0.5) is 0 Å². The molecular formula is C25H30N4O4S. The number of nitrogens with one attached hydrogen (secondary N) is 1. The van der Waals surface area contributed by atoms with Gasteiger partial charge >= 0.3 is 5.97 Å². The van der Waals surface area contributed by atoms with Crippen molar-refractivity contribution in [1.82, 2.24) is 20.1 Å². The van der Waals surface area contributed by atoms with Crippen LogP contribution in [-0.4, -0.2) is 53.2 Å². The van der Waals surface area contributed by atoms with Gasteiger partial charge in [0.15, 0.2) is 11.0 Å². The number of benzene rings is 2. The molecule has 2 aromatic carbocycles. The monoisotopic (exact) mass is 482 g/mol. The van der Waals surface area contributed by atoms with E-state index in [-0.39, 0.29) is 24.1 Å². The summed E-state index contributed by atoms with van der Waals surface area (Å²) in [5.41, 5.74) is 3.03. The molecule has 3 rings (SSSR count). The maximum absolute atomic E-state index is 12.4. The van der Waals surface area contributed by atoms with Crippen molar-refractivity contribution >= 4 is 23.6 Å². The summed E-state index contributed by atoms with van der Waals surface area (Å²) in [5, 5.41) is 12.3. The van der Waals surface area contributed by atoms with E-state index in [1.54, 1.807) is 7.11 Å². The molecule has 1 amide bonds. The summed E-state index contributed by atoms with van der Waals surface area (Å²) in [6.07, 6.45) is 0.804. The minimum absolute atomic E-state index is 0.132. The third kappa shape index (κ3) is 6.38. The van der Waals surface area contributed by atoms with Crippen molar-refractivity contribution in [3.05, 3.63) is 54.1 Å². The molecule has 1 aromatic heterocycles. The van der Waals surface area contributed by atoms with Crippen molar-refractivity contribution in [2.75, 3.05) is 26.5 Å². The highest BCUT2D eigenvalue weighted by molar-refractivity contribution is 7.99. The van der Waals surface area contributed by atoms with E-state index in [1.165, 1.54) is 18.9 Å². The number of nitrogens with zero attached hydrogens (tertiary/aromatic N) is 3. The summed E-state index contributed by atoms with van der Waals surface area (Å²) in [6.45, 7) is 4.70. The van der Waals surface area contributed by atoms with Crippen LogP contribution in [0.1, 0.15) is 38.2 Å². The maximum Gasteiger partial charge on any atom is 0.305 e. The highest BCUT2D eigenvalue weighted by Gasteiger charge is 2.20. The molecule has 0 saturated carbocycles. The Morgan fingerprint density at radius 3 is 2.47 bits per heavy atom. The number of thioether (sulfide) groups is 1. The fourth-order valence-electron chi connectivity index (χ4n) is 3.43. The topological polar surface area (TPSA) is 95.3 Å². The van der Waals surface area contributed by atoms with Gasteiger partial charge in [0.1, 0.15) is 5.75 Å². The molecule has 1 heterocycles. The van der Waals surface area contributed by atoms with Gasteiger partial charge in [-0.3, -0.25) is 14.2 Å². The molecule has 3 aromatic rings. The number of carbonyl (C=O) groups excluding carboxylic acids is 2. The Morgan fingerprint density at radius 1 is 1.06 bits per heavy atom. The zero-order chi connectivity index (χ0) is 24.5. The van der Waals surface area contributed by atoms with Crippen molar-refractivity contribution in [2.45, 2.75) is 37.8 Å². The van der Waals surface area contributed by atoms with Gasteiger partial charge in [-0.25, -0.2) is 0 Å². The first-order valence-corrected chi connectivity index (χ1v) is 12.1. The SMILES string of the molecule is COC(=O)CCCNC(=O)CSc1nnc(-c2ccc(OC)cc2)n1-c1ccccc1C(C)C. The number of hydrogen-bond donors (Lipinski definition) is 1. The van der Waals surface area contributed by atoms with Crippen LogP contribution in [0.2, 0.25) is 0 Å². The average Bonchev–Trinajstić information content (AvgIpc) is 3.28. The average molecular weight is 483 g/mol. The van der Waals surface area contributed by atoms with Crippen LogP contribution >= 0.6 is 11.8 Å². The van der Waals surface area contributed by atoms with Crippen molar-refractivity contribution < 1.29 is 19.1 Å². The molecule has 0 aliphatic heterocycles. The molecule has 0 atom stereocenters. The summed E-state index contributed by atoms with van der Waals surface area (Å²) in [6, 6.07) is 15.8. The Labute approximate surface area is 204 Å². The molecule has 1 N–H and O–H groups in total. The van der Waals surface area contributed by atoms with Gasteiger partial charge in [0.05, 0.1) is 25.7 Å². The van der Waals surface area contributed by atoms with Gasteiger partial charge in [-0.1, -0.05) is 43.8 Å². The van der Waals surface area contributed by atoms with Crippen molar-refractivity contribution in [3.8, 4) is 22.8 Å². The fraction of sp³-hybridized carbons (Fsp3) is 0.360. The lowest BCUT2D eigenvalue weighted by Crippen LogP contribution is -2.26. The van der Waals surface area contributed by atoms with Crippen LogP contribution in [0.25, 0.3) is 17.1 Å². The predicted octanol–water partition coefficient (Wildman–Crippen LogP) is 4.23. The lowest BCUT2D eigenvalue weighted by molar-refractivity contribution is -0.140. The molecule has 180 valence electrons. The van der Waals surface area contributed by atoms with Crippen molar-refractivity contribution in [2.24, 2.45) is 0 Å². The molecule has 0 saturated heterocycles. The minimum Gasteiger partial charge on any atom is -0.497 e. The molecule has 0 bridgehead atoms. The second-order valence-electron chi connectivity index (χ2n) is 7.90. The van der Waals surface area contributed by atoms with E-state index in [1.807, 2.05) is 47.0 Å². The van der Waals surface area contributed by atoms with E-state index in [2.05, 4.69) is 40.2 Å². The molecule has 0 aliphatic carbocycles. The zero-order valence-electron chi connectivity index (χ0n) is 19.9. The number of para-hydroxylation sites is 1. The highest BCUT2D eigenvalue weighted by Crippen LogP contribution is 2.32. The van der Waals surface area contributed by atoms with Gasteiger partial charge in [-0.15, -0.1) is 10.2 Å². The molecule has 34 heavy (non-hydrogen) atoms. The van der Waals surface area contributed by atoms with Gasteiger partial charge in [0.2, 0.25) is 5.91 Å². The van der Waals surface area contributed by atoms with E-state index in [0.29, 0.717) is 29.9 Å². The molecule has 0 spiro atoms. The molecule has 8 nitrogen and oxygen atoms in total. The van der Waals surface area contributed by atoms with E-state index < -0.39 is 0 Å². The molecule has 0 aliphatic rings. The Kier molecular flexibility index (Phi) is 9.09. The predicted molar refractivity (Wildman–Crippen MR) is 132 cm³/mol. The second-order valence-corrected chi connectivity index (χ2v) is 8.84. The lowest BCUT2D eigenvalue weighted by atomic mass is 10.0. The third-order valence-electron chi connectivity index (χ3n) is 5.22. The number of hydrogen-bond acceptors (Lipinski definition) is 7. The molecule has 9 heteroatoms. The van der Waals surface area contributed by atoms with E-state index in [0.717, 1.165) is 22.6 Å². The number of rotatable bonds is 11. The van der Waals surface area contributed by atoms with Crippen molar-refractivity contribution in [3.63, 3.8) is 0 Å². The largest absolute Gasteiger partial charge is 0.497 e. The Balaban J connectivity index is 1.84. The van der Waals surface area contributed by atoms with E-state index in [9.17, 15) is 9.59 Å². The molecule has 0 fully saturated rings. The van der Waals surface area contributed by atoms with Crippen LogP contribution < -0.4 is 10.1 Å². The minimum atomic E-state index is -0.286. The standard InChI is InChI=1S/C25H30N4O4S/c1-17(2)20-8-5-6-9-21(20)29-24(18-11-13-19(32-3)14-12-18)27-28-25(29)34-16-22(30)26-15-7-10-23(31)33-4/h5-6,8-9,11-14,17H,7,10,15-16H2,1-4H3,(H,26,30). The third-order valence-corrected chi connectivity index (χ3v) is 6.15. The fourth-order valence-corrected chi connectivity index (χ4v) is 4.21. The summed E-state index contributed by atoms with van der Waals surface area (Å²) < 4.78 is 11.9.